The molecular formula is C23H22N2O5. The van der Waals surface area contributed by atoms with Crippen LogP contribution in [0.15, 0.2) is 60.8 Å². The molecule has 3 aromatic rings. The van der Waals surface area contributed by atoms with E-state index in [9.17, 15) is 9.90 Å². The number of anilines is 2. The number of methoxy groups -OCH3 is 3. The van der Waals surface area contributed by atoms with Gasteiger partial charge in [-0.3, -0.25) is 4.79 Å². The Balaban J connectivity index is 1.86. The van der Waals surface area contributed by atoms with Crippen molar-refractivity contribution >= 4 is 23.4 Å². The smallest absolute Gasteiger partial charge is 0.203 e. The van der Waals surface area contributed by atoms with Gasteiger partial charge in [-0.05, 0) is 60.2 Å². The fourth-order valence-electron chi connectivity index (χ4n) is 2.84. The first-order chi connectivity index (χ1) is 14.5. The van der Waals surface area contributed by atoms with Crippen molar-refractivity contribution in [2.45, 2.75) is 0 Å². The summed E-state index contributed by atoms with van der Waals surface area (Å²) in [6.45, 7) is 0. The van der Waals surface area contributed by atoms with Crippen LogP contribution in [-0.2, 0) is 0 Å². The number of carbonyl (C=O) groups excluding carboxylic acids is 1. The Morgan fingerprint density at radius 3 is 2.27 bits per heavy atom. The third-order valence-electron chi connectivity index (χ3n) is 4.32. The van der Waals surface area contributed by atoms with Gasteiger partial charge in [0.25, 0.3) is 0 Å². The minimum absolute atomic E-state index is 0.158. The maximum Gasteiger partial charge on any atom is 0.203 e. The lowest BCUT2D eigenvalue weighted by Gasteiger charge is -2.13. The van der Waals surface area contributed by atoms with E-state index in [0.29, 0.717) is 34.3 Å². The molecule has 0 bridgehead atoms. The van der Waals surface area contributed by atoms with Crippen LogP contribution in [0.2, 0.25) is 0 Å². The van der Waals surface area contributed by atoms with Gasteiger partial charge >= 0.3 is 0 Å². The number of nitrogens with one attached hydrogen (secondary N) is 1. The second-order valence-electron chi connectivity index (χ2n) is 6.23. The van der Waals surface area contributed by atoms with Crippen molar-refractivity contribution in [1.82, 2.24) is 4.98 Å². The fourth-order valence-corrected chi connectivity index (χ4v) is 2.84. The lowest BCUT2D eigenvalue weighted by molar-refractivity contribution is 0.104. The summed E-state index contributed by atoms with van der Waals surface area (Å²) in [7, 11) is 4.60. The maximum atomic E-state index is 12.8. The van der Waals surface area contributed by atoms with E-state index >= 15 is 0 Å². The predicted octanol–water partition coefficient (Wildman–Crippen LogP) is 4.45. The van der Waals surface area contributed by atoms with Gasteiger partial charge in [-0.25, -0.2) is 4.98 Å². The number of aromatic nitrogens is 1. The van der Waals surface area contributed by atoms with Crippen LogP contribution >= 0.6 is 0 Å². The van der Waals surface area contributed by atoms with Crippen molar-refractivity contribution in [3.8, 4) is 23.0 Å². The zero-order valence-corrected chi connectivity index (χ0v) is 16.9. The van der Waals surface area contributed by atoms with E-state index in [1.807, 2.05) is 0 Å². The molecule has 0 unspecified atom stereocenters. The Morgan fingerprint density at radius 1 is 1.00 bits per heavy atom. The van der Waals surface area contributed by atoms with Gasteiger partial charge in [-0.1, -0.05) is 6.08 Å². The van der Waals surface area contributed by atoms with Crippen LogP contribution in [0.4, 0.5) is 11.5 Å². The third kappa shape index (κ3) is 4.70. The summed E-state index contributed by atoms with van der Waals surface area (Å²) in [6.07, 6.45) is 4.73. The summed E-state index contributed by atoms with van der Waals surface area (Å²) < 4.78 is 16.0. The van der Waals surface area contributed by atoms with E-state index in [0.717, 1.165) is 5.56 Å². The maximum absolute atomic E-state index is 12.8. The SMILES string of the molecule is COc1cc(C=CC(=O)c2cccnc2Nc2ccc(O)cc2)cc(OC)c1OC. The largest absolute Gasteiger partial charge is 0.508 e. The van der Waals surface area contributed by atoms with E-state index in [4.69, 9.17) is 14.2 Å². The van der Waals surface area contributed by atoms with Gasteiger partial charge in [0, 0.05) is 11.9 Å². The first-order valence-electron chi connectivity index (χ1n) is 9.09. The van der Waals surface area contributed by atoms with Gasteiger partial charge in [0.15, 0.2) is 17.3 Å². The van der Waals surface area contributed by atoms with Crippen LogP contribution in [0.25, 0.3) is 6.08 Å². The summed E-state index contributed by atoms with van der Waals surface area (Å²) in [5, 5.41) is 12.5. The number of rotatable bonds is 8. The Hall–Kier alpha value is -4.00. The number of phenolic OH excluding ortho intramolecular Hbond substituents is 1. The number of hydrogen-bond acceptors (Lipinski definition) is 7. The monoisotopic (exact) mass is 406 g/mol. The van der Waals surface area contributed by atoms with Crippen molar-refractivity contribution in [2.75, 3.05) is 26.6 Å². The number of aromatic hydroxyl groups is 1. The van der Waals surface area contributed by atoms with Crippen LogP contribution in [-0.4, -0.2) is 37.2 Å². The van der Waals surface area contributed by atoms with Gasteiger partial charge in [0.1, 0.15) is 11.6 Å². The number of hydrogen-bond donors (Lipinski definition) is 2. The molecule has 2 N–H and O–H groups in total. The molecule has 1 aromatic heterocycles. The van der Waals surface area contributed by atoms with Crippen molar-refractivity contribution < 1.29 is 24.1 Å². The molecule has 0 aliphatic rings. The quantitative estimate of drug-likeness (QED) is 0.324. The topological polar surface area (TPSA) is 89.9 Å². The molecule has 0 spiro atoms. The number of allylic oxidation sites excluding steroid dienone is 1. The molecule has 30 heavy (non-hydrogen) atoms. The highest BCUT2D eigenvalue weighted by Crippen LogP contribution is 2.38. The molecule has 3 rings (SSSR count). The van der Waals surface area contributed by atoms with E-state index in [1.165, 1.54) is 27.4 Å². The lowest BCUT2D eigenvalue weighted by Crippen LogP contribution is -2.03. The molecule has 7 nitrogen and oxygen atoms in total. The molecule has 0 amide bonds. The zero-order chi connectivity index (χ0) is 21.5. The first-order valence-corrected chi connectivity index (χ1v) is 9.09. The molecule has 0 fully saturated rings. The van der Waals surface area contributed by atoms with Crippen LogP contribution in [0.3, 0.4) is 0 Å². The first kappa shape index (κ1) is 20.7. The molecule has 0 aliphatic heterocycles. The standard InChI is InChI=1S/C23H22N2O5/c1-28-20-13-15(14-21(29-2)22(20)30-3)6-11-19(27)18-5-4-12-24-23(18)25-16-7-9-17(26)10-8-16/h4-14,26H,1-3H3,(H,24,25). The number of phenols is 1. The molecule has 1 heterocycles. The summed E-state index contributed by atoms with van der Waals surface area (Å²) >= 11 is 0. The Kier molecular flexibility index (Phi) is 6.54. The van der Waals surface area contributed by atoms with Crippen LogP contribution in [0.5, 0.6) is 23.0 Å². The summed E-state index contributed by atoms with van der Waals surface area (Å²) in [6, 6.07) is 13.4. The van der Waals surface area contributed by atoms with E-state index in [1.54, 1.807) is 60.8 Å². The fraction of sp³-hybridized carbons (Fsp3) is 0.130. The predicted molar refractivity (Wildman–Crippen MR) is 115 cm³/mol. The van der Waals surface area contributed by atoms with Gasteiger partial charge in [0.05, 0.1) is 26.9 Å². The number of nitrogens with zero attached hydrogens (tertiary/aromatic N) is 1. The Morgan fingerprint density at radius 2 is 1.67 bits per heavy atom. The minimum atomic E-state index is -0.224. The second-order valence-corrected chi connectivity index (χ2v) is 6.23. The minimum Gasteiger partial charge on any atom is -0.508 e. The van der Waals surface area contributed by atoms with Crippen molar-refractivity contribution in [1.29, 1.82) is 0 Å². The van der Waals surface area contributed by atoms with Gasteiger partial charge in [0.2, 0.25) is 5.75 Å². The van der Waals surface area contributed by atoms with E-state index in [2.05, 4.69) is 10.3 Å². The zero-order valence-electron chi connectivity index (χ0n) is 16.9. The summed E-state index contributed by atoms with van der Waals surface area (Å²) in [5.41, 5.74) is 1.83. The molecule has 154 valence electrons. The summed E-state index contributed by atoms with van der Waals surface area (Å²) in [5.74, 6) is 1.84. The highest BCUT2D eigenvalue weighted by atomic mass is 16.5. The number of ether oxygens (including phenoxy) is 3. The third-order valence-corrected chi connectivity index (χ3v) is 4.32. The average Bonchev–Trinajstić information content (AvgIpc) is 2.78. The number of benzene rings is 2. The second kappa shape index (κ2) is 9.47. The average molecular weight is 406 g/mol. The van der Waals surface area contributed by atoms with Gasteiger partial charge in [-0.2, -0.15) is 0 Å². The van der Waals surface area contributed by atoms with Crippen LogP contribution in [0, 0.1) is 0 Å². The highest BCUT2D eigenvalue weighted by Gasteiger charge is 2.13. The number of pyridine rings is 1. The molecule has 0 saturated heterocycles. The lowest BCUT2D eigenvalue weighted by atomic mass is 10.1. The van der Waals surface area contributed by atoms with Crippen LogP contribution < -0.4 is 19.5 Å². The Bertz CT molecular complexity index is 1040. The molecule has 0 radical (unpaired) electrons. The Labute approximate surface area is 174 Å². The van der Waals surface area contributed by atoms with Crippen LogP contribution in [0.1, 0.15) is 15.9 Å². The van der Waals surface area contributed by atoms with Crippen molar-refractivity contribution in [3.63, 3.8) is 0 Å². The molecule has 7 heteroatoms. The molecule has 2 aromatic carbocycles. The summed E-state index contributed by atoms with van der Waals surface area (Å²) in [4.78, 5) is 17.1. The van der Waals surface area contributed by atoms with Crippen molar-refractivity contribution in [3.05, 3.63) is 71.9 Å². The molecule has 0 aliphatic carbocycles. The van der Waals surface area contributed by atoms with E-state index < -0.39 is 0 Å². The van der Waals surface area contributed by atoms with Gasteiger partial charge in [-0.15, -0.1) is 0 Å². The van der Waals surface area contributed by atoms with E-state index in [-0.39, 0.29) is 11.5 Å². The normalized spacial score (nSPS) is 10.6. The van der Waals surface area contributed by atoms with Gasteiger partial charge < -0.3 is 24.6 Å². The molecule has 0 saturated carbocycles. The number of carbonyl (C=O) groups is 1. The number of ketones is 1. The molecule has 0 atom stereocenters. The van der Waals surface area contributed by atoms with Crippen molar-refractivity contribution in [2.24, 2.45) is 0 Å². The molecular weight excluding hydrogens is 384 g/mol. The highest BCUT2D eigenvalue weighted by molar-refractivity contribution is 6.10.